The number of nitrogens with one attached hydrogen (secondary N) is 1. The minimum Gasteiger partial charge on any atom is -0.444 e. The van der Waals surface area contributed by atoms with Crippen molar-refractivity contribution in [1.82, 2.24) is 5.32 Å². The minimum absolute atomic E-state index is 0.108. The van der Waals surface area contributed by atoms with Gasteiger partial charge in [-0.05, 0) is 56.9 Å². The number of rotatable bonds is 1. The van der Waals surface area contributed by atoms with E-state index in [1.54, 1.807) is 0 Å². The minimum atomic E-state index is -0.458. The third-order valence-electron chi connectivity index (χ3n) is 2.88. The summed E-state index contributed by atoms with van der Waals surface area (Å²) < 4.78 is 5.25. The molecule has 1 aliphatic carbocycles. The van der Waals surface area contributed by atoms with Crippen LogP contribution in [-0.4, -0.2) is 17.7 Å². The molecule has 1 aromatic carbocycles. The molecule has 1 amide bonds. The van der Waals surface area contributed by atoms with Gasteiger partial charge in [-0.1, -0.05) is 6.07 Å². The Morgan fingerprint density at radius 1 is 1.33 bits per heavy atom. The molecule has 4 nitrogen and oxygen atoms in total. The van der Waals surface area contributed by atoms with E-state index in [0.29, 0.717) is 0 Å². The van der Waals surface area contributed by atoms with E-state index in [1.807, 2.05) is 39.0 Å². The number of benzene rings is 1. The normalized spacial score (nSPS) is 18.3. The van der Waals surface area contributed by atoms with Crippen molar-refractivity contribution >= 4 is 11.8 Å². The largest absolute Gasteiger partial charge is 0.444 e. The summed E-state index contributed by atoms with van der Waals surface area (Å²) in [4.78, 5) is 11.7. The molecular weight excluding hydrogens is 228 g/mol. The summed E-state index contributed by atoms with van der Waals surface area (Å²) >= 11 is 0. The van der Waals surface area contributed by atoms with Crippen molar-refractivity contribution in [2.24, 2.45) is 0 Å². The Hall–Kier alpha value is -1.71. The van der Waals surface area contributed by atoms with Crippen LogP contribution in [0.4, 0.5) is 10.5 Å². The molecular formula is C14H20N2O2. The van der Waals surface area contributed by atoms with Gasteiger partial charge in [-0.3, -0.25) is 0 Å². The Morgan fingerprint density at radius 2 is 2.00 bits per heavy atom. The monoisotopic (exact) mass is 248 g/mol. The number of amides is 1. The highest BCUT2D eigenvalue weighted by Crippen LogP contribution is 2.24. The van der Waals surface area contributed by atoms with E-state index < -0.39 is 5.60 Å². The first-order valence-electron chi connectivity index (χ1n) is 6.20. The second-order valence-corrected chi connectivity index (χ2v) is 5.78. The SMILES string of the molecule is CC(C)(C)OC(=O)N[C@H]1Cc2ccc(N)cc2C1. The number of nitrogen functional groups attached to an aromatic ring is 1. The van der Waals surface area contributed by atoms with Crippen molar-refractivity contribution in [2.75, 3.05) is 5.73 Å². The lowest BCUT2D eigenvalue weighted by atomic mass is 10.1. The molecule has 0 aromatic heterocycles. The number of nitrogens with two attached hydrogens (primary N) is 1. The fourth-order valence-corrected chi connectivity index (χ4v) is 2.21. The molecule has 0 unspecified atom stereocenters. The summed E-state index contributed by atoms with van der Waals surface area (Å²) in [5.41, 5.74) is 8.53. The number of fused-ring (bicyclic) bond motifs is 1. The number of carbonyl (C=O) groups is 1. The average Bonchev–Trinajstić information content (AvgIpc) is 2.55. The molecule has 0 aliphatic heterocycles. The first-order valence-corrected chi connectivity index (χ1v) is 6.20. The topological polar surface area (TPSA) is 64.3 Å². The number of alkyl carbamates (subject to hydrolysis) is 1. The lowest BCUT2D eigenvalue weighted by molar-refractivity contribution is 0.0506. The van der Waals surface area contributed by atoms with Gasteiger partial charge in [0.25, 0.3) is 0 Å². The lowest BCUT2D eigenvalue weighted by Gasteiger charge is -2.21. The summed E-state index contributed by atoms with van der Waals surface area (Å²) in [7, 11) is 0. The van der Waals surface area contributed by atoms with Crippen LogP contribution in [-0.2, 0) is 17.6 Å². The second kappa shape index (κ2) is 4.52. The zero-order chi connectivity index (χ0) is 13.3. The Bertz CT molecular complexity index is 463. The lowest BCUT2D eigenvalue weighted by Crippen LogP contribution is -2.39. The standard InChI is InChI=1S/C14H20N2O2/c1-14(2,3)18-13(17)16-12-7-9-4-5-11(15)6-10(9)8-12/h4-6,12H,7-8,15H2,1-3H3,(H,16,17)/t12-/m0/s1. The molecule has 0 saturated carbocycles. The van der Waals surface area contributed by atoms with Crippen molar-refractivity contribution in [3.8, 4) is 0 Å². The van der Waals surface area contributed by atoms with Crippen LogP contribution in [0, 0.1) is 0 Å². The van der Waals surface area contributed by atoms with E-state index in [2.05, 4.69) is 5.32 Å². The summed E-state index contributed by atoms with van der Waals surface area (Å²) in [5, 5.41) is 2.90. The van der Waals surface area contributed by atoms with Crippen LogP contribution in [0.5, 0.6) is 0 Å². The number of hydrogen-bond donors (Lipinski definition) is 2. The molecule has 0 fully saturated rings. The summed E-state index contributed by atoms with van der Waals surface area (Å²) in [5.74, 6) is 0. The zero-order valence-corrected chi connectivity index (χ0v) is 11.1. The van der Waals surface area contributed by atoms with Gasteiger partial charge in [0.2, 0.25) is 0 Å². The van der Waals surface area contributed by atoms with Gasteiger partial charge in [0.05, 0.1) is 0 Å². The molecule has 0 saturated heterocycles. The molecule has 2 rings (SSSR count). The fourth-order valence-electron chi connectivity index (χ4n) is 2.21. The predicted octanol–water partition coefficient (Wildman–Crippen LogP) is 2.26. The summed E-state index contributed by atoms with van der Waals surface area (Å²) in [6.07, 6.45) is 1.31. The van der Waals surface area contributed by atoms with Gasteiger partial charge in [-0.2, -0.15) is 0 Å². The maximum atomic E-state index is 11.7. The average molecular weight is 248 g/mol. The first-order chi connectivity index (χ1) is 8.33. The Morgan fingerprint density at radius 3 is 2.67 bits per heavy atom. The smallest absolute Gasteiger partial charge is 0.407 e. The van der Waals surface area contributed by atoms with E-state index >= 15 is 0 Å². The van der Waals surface area contributed by atoms with E-state index in [9.17, 15) is 4.79 Å². The number of ether oxygens (including phenoxy) is 1. The molecule has 98 valence electrons. The van der Waals surface area contributed by atoms with Crippen molar-refractivity contribution in [3.05, 3.63) is 29.3 Å². The second-order valence-electron chi connectivity index (χ2n) is 5.78. The van der Waals surface area contributed by atoms with Gasteiger partial charge in [0, 0.05) is 11.7 Å². The molecule has 0 radical (unpaired) electrons. The van der Waals surface area contributed by atoms with E-state index in [4.69, 9.17) is 10.5 Å². The summed E-state index contributed by atoms with van der Waals surface area (Å²) in [6.45, 7) is 5.57. The van der Waals surface area contributed by atoms with Gasteiger partial charge >= 0.3 is 6.09 Å². The third-order valence-corrected chi connectivity index (χ3v) is 2.88. The molecule has 0 bridgehead atoms. The van der Waals surface area contributed by atoms with Crippen molar-refractivity contribution in [3.63, 3.8) is 0 Å². The van der Waals surface area contributed by atoms with Crippen LogP contribution in [0.25, 0.3) is 0 Å². The van der Waals surface area contributed by atoms with E-state index in [1.165, 1.54) is 11.1 Å². The van der Waals surface area contributed by atoms with Gasteiger partial charge in [0.1, 0.15) is 5.60 Å². The molecule has 18 heavy (non-hydrogen) atoms. The fraction of sp³-hybridized carbons (Fsp3) is 0.500. The number of anilines is 1. The molecule has 3 N–H and O–H groups in total. The van der Waals surface area contributed by atoms with Gasteiger partial charge in [-0.25, -0.2) is 4.79 Å². The molecule has 0 spiro atoms. The quantitative estimate of drug-likeness (QED) is 0.749. The van der Waals surface area contributed by atoms with Crippen LogP contribution >= 0.6 is 0 Å². The van der Waals surface area contributed by atoms with E-state index in [-0.39, 0.29) is 12.1 Å². The Labute approximate surface area is 108 Å². The maximum absolute atomic E-state index is 11.7. The van der Waals surface area contributed by atoms with Gasteiger partial charge < -0.3 is 15.8 Å². The predicted molar refractivity (Wildman–Crippen MR) is 71.4 cm³/mol. The number of hydrogen-bond acceptors (Lipinski definition) is 3. The van der Waals surface area contributed by atoms with Crippen molar-refractivity contribution in [2.45, 2.75) is 45.3 Å². The highest BCUT2D eigenvalue weighted by Gasteiger charge is 2.25. The van der Waals surface area contributed by atoms with Crippen LogP contribution < -0.4 is 11.1 Å². The van der Waals surface area contributed by atoms with Crippen LogP contribution in [0.2, 0.25) is 0 Å². The summed E-state index contributed by atoms with van der Waals surface area (Å²) in [6, 6.07) is 6.01. The Kier molecular flexibility index (Phi) is 3.20. The maximum Gasteiger partial charge on any atom is 0.407 e. The highest BCUT2D eigenvalue weighted by atomic mass is 16.6. The highest BCUT2D eigenvalue weighted by molar-refractivity contribution is 5.68. The van der Waals surface area contributed by atoms with Crippen LogP contribution in [0.1, 0.15) is 31.9 Å². The van der Waals surface area contributed by atoms with E-state index in [0.717, 1.165) is 18.5 Å². The molecule has 1 atom stereocenters. The molecule has 1 aliphatic rings. The molecule has 1 aromatic rings. The number of carbonyl (C=O) groups excluding carboxylic acids is 1. The van der Waals surface area contributed by atoms with Crippen molar-refractivity contribution in [1.29, 1.82) is 0 Å². The van der Waals surface area contributed by atoms with Gasteiger partial charge in [0.15, 0.2) is 0 Å². The van der Waals surface area contributed by atoms with Crippen LogP contribution in [0.3, 0.4) is 0 Å². The van der Waals surface area contributed by atoms with Crippen LogP contribution in [0.15, 0.2) is 18.2 Å². The van der Waals surface area contributed by atoms with Crippen molar-refractivity contribution < 1.29 is 9.53 Å². The zero-order valence-electron chi connectivity index (χ0n) is 11.1. The first kappa shape index (κ1) is 12.7. The molecule has 4 heteroatoms. The third kappa shape index (κ3) is 3.15. The van der Waals surface area contributed by atoms with Gasteiger partial charge in [-0.15, -0.1) is 0 Å². The molecule has 0 heterocycles. The Balaban J connectivity index is 1.94.